The number of amides is 1. The molecule has 148 valence electrons. The fourth-order valence-electron chi connectivity index (χ4n) is 3.72. The SMILES string of the molecule is CCC(=O)N1CCC(Oc2ncnc3c2nc(-c2cnn(CC)c2C)n3C)C1. The summed E-state index contributed by atoms with van der Waals surface area (Å²) in [6, 6.07) is 0. The second-order valence-electron chi connectivity index (χ2n) is 7.03. The monoisotopic (exact) mass is 383 g/mol. The summed E-state index contributed by atoms with van der Waals surface area (Å²) >= 11 is 0. The van der Waals surface area contributed by atoms with E-state index in [0.717, 1.165) is 30.0 Å². The summed E-state index contributed by atoms with van der Waals surface area (Å²) in [7, 11) is 1.93. The quantitative estimate of drug-likeness (QED) is 0.669. The second-order valence-corrected chi connectivity index (χ2v) is 7.03. The van der Waals surface area contributed by atoms with Crippen molar-refractivity contribution in [3.63, 3.8) is 0 Å². The Balaban J connectivity index is 1.66. The molecule has 9 heteroatoms. The van der Waals surface area contributed by atoms with Crippen molar-refractivity contribution in [1.82, 2.24) is 34.2 Å². The van der Waals surface area contributed by atoms with Gasteiger partial charge in [-0.15, -0.1) is 0 Å². The van der Waals surface area contributed by atoms with Gasteiger partial charge in [0.05, 0.1) is 18.3 Å². The minimum absolute atomic E-state index is 0.0800. The zero-order chi connectivity index (χ0) is 19.8. The molecule has 28 heavy (non-hydrogen) atoms. The van der Waals surface area contributed by atoms with E-state index in [0.29, 0.717) is 36.6 Å². The Kier molecular flexibility index (Phi) is 4.74. The van der Waals surface area contributed by atoms with Gasteiger partial charge >= 0.3 is 0 Å². The third-order valence-corrected chi connectivity index (χ3v) is 5.34. The number of hydrogen-bond acceptors (Lipinski definition) is 6. The molecule has 1 fully saturated rings. The summed E-state index contributed by atoms with van der Waals surface area (Å²) < 4.78 is 10.0. The molecule has 0 aliphatic carbocycles. The van der Waals surface area contributed by atoms with Crippen molar-refractivity contribution in [1.29, 1.82) is 0 Å². The first-order valence-corrected chi connectivity index (χ1v) is 9.68. The maximum Gasteiger partial charge on any atom is 0.245 e. The third-order valence-electron chi connectivity index (χ3n) is 5.34. The third kappa shape index (κ3) is 3.00. The molecular formula is C19H25N7O2. The summed E-state index contributed by atoms with van der Waals surface area (Å²) in [6.07, 6.45) is 4.55. The number of aryl methyl sites for hydroxylation is 2. The fraction of sp³-hybridized carbons (Fsp3) is 0.526. The van der Waals surface area contributed by atoms with Crippen LogP contribution in [0.1, 0.15) is 32.4 Å². The molecule has 9 nitrogen and oxygen atoms in total. The number of hydrogen-bond donors (Lipinski definition) is 0. The van der Waals surface area contributed by atoms with Gasteiger partial charge in [0.1, 0.15) is 18.3 Å². The summed E-state index contributed by atoms with van der Waals surface area (Å²) in [5.41, 5.74) is 3.36. The molecule has 1 amide bonds. The van der Waals surface area contributed by atoms with Gasteiger partial charge < -0.3 is 14.2 Å². The van der Waals surface area contributed by atoms with Gasteiger partial charge in [-0.25, -0.2) is 9.97 Å². The number of aromatic nitrogens is 6. The number of nitrogens with zero attached hydrogens (tertiary/aromatic N) is 7. The average molecular weight is 383 g/mol. The van der Waals surface area contributed by atoms with Crippen LogP contribution < -0.4 is 4.74 Å². The number of fused-ring (bicyclic) bond motifs is 1. The molecule has 3 aromatic heterocycles. The summed E-state index contributed by atoms with van der Waals surface area (Å²) in [5, 5.41) is 4.42. The van der Waals surface area contributed by atoms with Crippen LogP contribution in [0.15, 0.2) is 12.5 Å². The minimum atomic E-state index is -0.0800. The molecule has 1 saturated heterocycles. The molecule has 0 aromatic carbocycles. The van der Waals surface area contributed by atoms with Crippen LogP contribution in [-0.4, -0.2) is 59.3 Å². The van der Waals surface area contributed by atoms with Crippen molar-refractivity contribution in [2.75, 3.05) is 13.1 Å². The Morgan fingerprint density at radius 2 is 2.14 bits per heavy atom. The Morgan fingerprint density at radius 3 is 2.86 bits per heavy atom. The lowest BCUT2D eigenvalue weighted by molar-refractivity contribution is -0.130. The Labute approximate surface area is 163 Å². The number of rotatable bonds is 5. The molecule has 1 unspecified atom stereocenters. The first-order valence-electron chi connectivity index (χ1n) is 9.68. The molecule has 0 radical (unpaired) electrons. The van der Waals surface area contributed by atoms with Gasteiger partial charge in [0.2, 0.25) is 11.8 Å². The Bertz CT molecular complexity index is 1020. The number of imidazole rings is 1. The van der Waals surface area contributed by atoms with E-state index in [9.17, 15) is 4.79 Å². The molecule has 1 atom stereocenters. The maximum atomic E-state index is 11.9. The van der Waals surface area contributed by atoms with Crippen molar-refractivity contribution in [2.45, 2.75) is 46.3 Å². The molecule has 1 aliphatic rings. The summed E-state index contributed by atoms with van der Waals surface area (Å²) in [4.78, 5) is 27.2. The lowest BCUT2D eigenvalue weighted by Crippen LogP contribution is -2.30. The van der Waals surface area contributed by atoms with Crippen molar-refractivity contribution in [3.8, 4) is 17.3 Å². The van der Waals surface area contributed by atoms with E-state index in [1.165, 1.54) is 6.33 Å². The highest BCUT2D eigenvalue weighted by Crippen LogP contribution is 2.29. The van der Waals surface area contributed by atoms with Crippen LogP contribution in [0.2, 0.25) is 0 Å². The number of carbonyl (C=O) groups is 1. The van der Waals surface area contributed by atoms with Gasteiger partial charge in [-0.2, -0.15) is 10.1 Å². The number of likely N-dealkylation sites (tertiary alicyclic amines) is 1. The van der Waals surface area contributed by atoms with Gasteiger partial charge in [0.15, 0.2) is 11.2 Å². The van der Waals surface area contributed by atoms with E-state index in [4.69, 9.17) is 9.72 Å². The predicted octanol–water partition coefficient (Wildman–Crippen LogP) is 1.94. The normalized spacial score (nSPS) is 16.9. The van der Waals surface area contributed by atoms with E-state index in [-0.39, 0.29) is 12.0 Å². The maximum absolute atomic E-state index is 11.9. The fourth-order valence-corrected chi connectivity index (χ4v) is 3.72. The molecule has 4 heterocycles. The van der Waals surface area contributed by atoms with Crippen molar-refractivity contribution in [3.05, 3.63) is 18.2 Å². The van der Waals surface area contributed by atoms with Gasteiger partial charge in [-0.1, -0.05) is 6.92 Å². The van der Waals surface area contributed by atoms with Crippen LogP contribution in [0, 0.1) is 6.92 Å². The highest BCUT2D eigenvalue weighted by Gasteiger charge is 2.28. The van der Waals surface area contributed by atoms with E-state index in [1.807, 2.05) is 41.2 Å². The molecule has 1 aliphatic heterocycles. The highest BCUT2D eigenvalue weighted by molar-refractivity contribution is 5.81. The van der Waals surface area contributed by atoms with Crippen LogP contribution in [0.3, 0.4) is 0 Å². The molecule has 0 spiro atoms. The molecule has 0 N–H and O–H groups in total. The second kappa shape index (κ2) is 7.21. The summed E-state index contributed by atoms with van der Waals surface area (Å²) in [6.45, 7) is 8.08. The topological polar surface area (TPSA) is 91.0 Å². The first kappa shape index (κ1) is 18.4. The average Bonchev–Trinajstić information content (AvgIpc) is 3.40. The predicted molar refractivity (Wildman–Crippen MR) is 104 cm³/mol. The largest absolute Gasteiger partial charge is 0.471 e. The van der Waals surface area contributed by atoms with Gasteiger partial charge in [0, 0.05) is 38.7 Å². The first-order chi connectivity index (χ1) is 13.5. The smallest absolute Gasteiger partial charge is 0.245 e. The van der Waals surface area contributed by atoms with Gasteiger partial charge in [0.25, 0.3) is 0 Å². The Morgan fingerprint density at radius 1 is 1.32 bits per heavy atom. The lowest BCUT2D eigenvalue weighted by Gasteiger charge is -2.16. The van der Waals surface area contributed by atoms with E-state index in [1.54, 1.807) is 0 Å². The van der Waals surface area contributed by atoms with Crippen LogP contribution >= 0.6 is 0 Å². The number of carbonyl (C=O) groups excluding carboxylic acids is 1. The molecule has 0 saturated carbocycles. The van der Waals surface area contributed by atoms with Crippen LogP contribution in [0.4, 0.5) is 0 Å². The van der Waals surface area contributed by atoms with Crippen LogP contribution in [0.25, 0.3) is 22.6 Å². The van der Waals surface area contributed by atoms with E-state index < -0.39 is 0 Å². The van der Waals surface area contributed by atoms with Crippen molar-refractivity contribution in [2.24, 2.45) is 7.05 Å². The van der Waals surface area contributed by atoms with Crippen LogP contribution in [-0.2, 0) is 18.4 Å². The van der Waals surface area contributed by atoms with Gasteiger partial charge in [-0.3, -0.25) is 9.48 Å². The van der Waals surface area contributed by atoms with E-state index in [2.05, 4.69) is 22.0 Å². The molecule has 3 aromatic rings. The Hall–Kier alpha value is -2.97. The molecular weight excluding hydrogens is 358 g/mol. The molecule has 0 bridgehead atoms. The van der Waals surface area contributed by atoms with Crippen molar-refractivity contribution >= 4 is 17.1 Å². The molecule has 4 rings (SSSR count). The summed E-state index contributed by atoms with van der Waals surface area (Å²) in [5.74, 6) is 1.40. The lowest BCUT2D eigenvalue weighted by atomic mass is 10.2. The van der Waals surface area contributed by atoms with E-state index >= 15 is 0 Å². The van der Waals surface area contributed by atoms with Crippen molar-refractivity contribution < 1.29 is 9.53 Å². The van der Waals surface area contributed by atoms with Gasteiger partial charge in [-0.05, 0) is 13.8 Å². The highest BCUT2D eigenvalue weighted by atomic mass is 16.5. The number of ether oxygens (including phenoxy) is 1. The standard InChI is InChI=1S/C19H25N7O2/c1-5-15(27)25-8-7-13(10-25)28-19-16-18(20-11-21-19)24(4)17(23-16)14-9-22-26(6-2)12(14)3/h9,11,13H,5-8,10H2,1-4H3. The van der Waals surface area contributed by atoms with Crippen LogP contribution in [0.5, 0.6) is 5.88 Å². The minimum Gasteiger partial charge on any atom is -0.471 e. The zero-order valence-electron chi connectivity index (χ0n) is 16.7. The zero-order valence-corrected chi connectivity index (χ0v) is 16.7.